The fourth-order valence-electron chi connectivity index (χ4n) is 2.24. The number of pyridine rings is 1. The van der Waals surface area contributed by atoms with Gasteiger partial charge in [-0.05, 0) is 60.7 Å². The van der Waals surface area contributed by atoms with E-state index in [0.29, 0.717) is 16.9 Å². The van der Waals surface area contributed by atoms with Gasteiger partial charge in [-0.15, -0.1) is 0 Å². The highest BCUT2D eigenvalue weighted by atomic mass is 32.2. The summed E-state index contributed by atoms with van der Waals surface area (Å²) in [7, 11) is 1.55. The fourth-order valence-corrected chi connectivity index (χ4v) is 3.01. The van der Waals surface area contributed by atoms with Crippen molar-refractivity contribution in [1.29, 1.82) is 0 Å². The molecule has 0 radical (unpaired) electrons. The largest absolute Gasteiger partial charge is 0.341 e. The molecule has 6 nitrogen and oxygen atoms in total. The molecule has 0 aliphatic rings. The van der Waals surface area contributed by atoms with E-state index in [0.717, 1.165) is 9.92 Å². The topological polar surface area (TPSA) is 83.1 Å². The molecule has 0 saturated heterocycles. The first-order valence-corrected chi connectivity index (χ1v) is 9.05. The minimum atomic E-state index is -0.296. The third-order valence-electron chi connectivity index (χ3n) is 3.60. The molecule has 0 spiro atoms. The Balaban J connectivity index is 1.60. The molecule has 0 bridgehead atoms. The molecule has 2 aromatic carbocycles. The van der Waals surface area contributed by atoms with Gasteiger partial charge < -0.3 is 16.0 Å². The summed E-state index contributed by atoms with van der Waals surface area (Å²) in [5.41, 5.74) is 1.85. The molecule has 27 heavy (non-hydrogen) atoms. The maximum absolute atomic E-state index is 12.4. The third-order valence-corrected chi connectivity index (χ3v) is 4.56. The lowest BCUT2D eigenvalue weighted by molar-refractivity contribution is 0.102. The molecule has 0 fully saturated rings. The van der Waals surface area contributed by atoms with Gasteiger partial charge in [0.2, 0.25) is 0 Å². The van der Waals surface area contributed by atoms with Crippen molar-refractivity contribution in [3.63, 3.8) is 0 Å². The van der Waals surface area contributed by atoms with Crippen LogP contribution in [-0.2, 0) is 0 Å². The van der Waals surface area contributed by atoms with Crippen LogP contribution in [0.15, 0.2) is 82.8 Å². The van der Waals surface area contributed by atoms with E-state index < -0.39 is 0 Å². The normalized spacial score (nSPS) is 10.1. The molecule has 3 rings (SSSR count). The molecule has 3 aromatic rings. The van der Waals surface area contributed by atoms with Crippen LogP contribution < -0.4 is 16.0 Å². The van der Waals surface area contributed by atoms with Crippen molar-refractivity contribution in [2.24, 2.45) is 0 Å². The Morgan fingerprint density at radius 1 is 0.852 bits per heavy atom. The van der Waals surface area contributed by atoms with E-state index in [1.165, 1.54) is 11.8 Å². The van der Waals surface area contributed by atoms with Gasteiger partial charge in [0.1, 0.15) is 5.03 Å². The van der Waals surface area contributed by atoms with Crippen LogP contribution in [0, 0.1) is 0 Å². The number of aromatic nitrogens is 1. The summed E-state index contributed by atoms with van der Waals surface area (Å²) in [5.74, 6) is -0.198. The van der Waals surface area contributed by atoms with Crippen LogP contribution in [0.25, 0.3) is 0 Å². The Labute approximate surface area is 161 Å². The average Bonchev–Trinajstić information content (AvgIpc) is 2.70. The van der Waals surface area contributed by atoms with Crippen molar-refractivity contribution in [2.75, 3.05) is 17.7 Å². The molecule has 7 heteroatoms. The number of hydrogen-bond donors (Lipinski definition) is 3. The molecule has 0 aliphatic carbocycles. The number of hydrogen-bond acceptors (Lipinski definition) is 4. The molecule has 136 valence electrons. The predicted molar refractivity (Wildman–Crippen MR) is 107 cm³/mol. The van der Waals surface area contributed by atoms with Crippen molar-refractivity contribution in [3.8, 4) is 0 Å². The van der Waals surface area contributed by atoms with Crippen LogP contribution >= 0.6 is 11.8 Å². The summed E-state index contributed by atoms with van der Waals surface area (Å²) < 4.78 is 0. The summed E-state index contributed by atoms with van der Waals surface area (Å²) in [5, 5.41) is 8.87. The van der Waals surface area contributed by atoms with Crippen molar-refractivity contribution in [1.82, 2.24) is 10.3 Å². The van der Waals surface area contributed by atoms with Crippen LogP contribution in [0.2, 0.25) is 0 Å². The lowest BCUT2D eigenvalue weighted by Crippen LogP contribution is -2.24. The number of carbonyl (C=O) groups is 2. The Morgan fingerprint density at radius 2 is 1.52 bits per heavy atom. The second-order valence-corrected chi connectivity index (χ2v) is 6.62. The van der Waals surface area contributed by atoms with E-state index in [2.05, 4.69) is 20.9 Å². The van der Waals surface area contributed by atoms with Crippen molar-refractivity contribution in [2.45, 2.75) is 9.92 Å². The molecule has 0 aliphatic heterocycles. The number of anilines is 2. The third kappa shape index (κ3) is 5.32. The van der Waals surface area contributed by atoms with E-state index in [1.54, 1.807) is 49.6 Å². The zero-order valence-corrected chi connectivity index (χ0v) is 15.4. The van der Waals surface area contributed by atoms with Crippen molar-refractivity contribution in [3.05, 3.63) is 78.5 Å². The molecule has 1 heterocycles. The van der Waals surface area contributed by atoms with Gasteiger partial charge >= 0.3 is 6.03 Å². The van der Waals surface area contributed by atoms with Crippen molar-refractivity contribution >= 4 is 35.1 Å². The minimum absolute atomic E-state index is 0.198. The number of amides is 3. The van der Waals surface area contributed by atoms with E-state index in [-0.39, 0.29) is 11.9 Å². The number of rotatable bonds is 5. The van der Waals surface area contributed by atoms with Gasteiger partial charge in [0.05, 0.1) is 0 Å². The average molecular weight is 378 g/mol. The van der Waals surface area contributed by atoms with Crippen LogP contribution in [0.5, 0.6) is 0 Å². The maximum atomic E-state index is 12.4. The monoisotopic (exact) mass is 378 g/mol. The first kappa shape index (κ1) is 18.5. The SMILES string of the molecule is CNC(=O)Nc1ccc(NC(=O)c2ccc(Sc3ccccn3)cc2)cc1. The Bertz CT molecular complexity index is 913. The molecule has 3 N–H and O–H groups in total. The first-order chi connectivity index (χ1) is 13.1. The van der Waals surface area contributed by atoms with Gasteiger partial charge in [0.15, 0.2) is 0 Å². The van der Waals surface area contributed by atoms with Crippen LogP contribution in [-0.4, -0.2) is 24.0 Å². The Hall–Kier alpha value is -3.32. The zero-order valence-electron chi connectivity index (χ0n) is 14.6. The van der Waals surface area contributed by atoms with Crippen LogP contribution in [0.1, 0.15) is 10.4 Å². The van der Waals surface area contributed by atoms with Gasteiger partial charge in [-0.2, -0.15) is 0 Å². The van der Waals surface area contributed by atoms with E-state index in [4.69, 9.17) is 0 Å². The molecule has 0 saturated carbocycles. The summed E-state index contributed by atoms with van der Waals surface area (Å²) in [6, 6.07) is 19.7. The number of nitrogens with zero attached hydrogens (tertiary/aromatic N) is 1. The van der Waals surface area contributed by atoms with E-state index >= 15 is 0 Å². The Morgan fingerprint density at radius 3 is 2.11 bits per heavy atom. The van der Waals surface area contributed by atoms with E-state index in [1.807, 2.05) is 30.3 Å². The molecule has 3 amide bonds. The van der Waals surface area contributed by atoms with Gasteiger partial charge in [-0.25, -0.2) is 9.78 Å². The van der Waals surface area contributed by atoms with Gasteiger partial charge in [0.25, 0.3) is 5.91 Å². The smallest absolute Gasteiger partial charge is 0.318 e. The number of urea groups is 1. The molecular formula is C20H18N4O2S. The highest BCUT2D eigenvalue weighted by Crippen LogP contribution is 2.25. The van der Waals surface area contributed by atoms with Crippen LogP contribution in [0.4, 0.5) is 16.2 Å². The van der Waals surface area contributed by atoms with Gasteiger partial charge in [0, 0.05) is 35.1 Å². The first-order valence-electron chi connectivity index (χ1n) is 8.23. The van der Waals surface area contributed by atoms with Gasteiger partial charge in [-0.1, -0.05) is 17.8 Å². The highest BCUT2D eigenvalue weighted by molar-refractivity contribution is 7.99. The minimum Gasteiger partial charge on any atom is -0.341 e. The highest BCUT2D eigenvalue weighted by Gasteiger charge is 2.07. The van der Waals surface area contributed by atoms with Crippen molar-refractivity contribution < 1.29 is 9.59 Å². The zero-order chi connectivity index (χ0) is 19.1. The standard InChI is InChI=1S/C20H18N4O2S/c1-21-20(26)24-16-9-7-15(8-10-16)23-19(25)14-5-11-17(12-6-14)27-18-4-2-3-13-22-18/h2-13H,1H3,(H,23,25)(H2,21,24,26). The molecule has 0 unspecified atom stereocenters. The second kappa shape index (κ2) is 8.86. The predicted octanol–water partition coefficient (Wildman–Crippen LogP) is 4.24. The molecule has 1 aromatic heterocycles. The van der Waals surface area contributed by atoms with Gasteiger partial charge in [-0.3, -0.25) is 4.79 Å². The summed E-state index contributed by atoms with van der Waals surface area (Å²) >= 11 is 1.54. The Kier molecular flexibility index (Phi) is 6.06. The summed E-state index contributed by atoms with van der Waals surface area (Å²) in [6.45, 7) is 0. The maximum Gasteiger partial charge on any atom is 0.318 e. The number of nitrogens with one attached hydrogen (secondary N) is 3. The lowest BCUT2D eigenvalue weighted by Gasteiger charge is -2.08. The quantitative estimate of drug-likeness (QED) is 0.620. The second-order valence-electron chi connectivity index (χ2n) is 5.53. The fraction of sp³-hybridized carbons (Fsp3) is 0.0500. The van der Waals surface area contributed by atoms with E-state index in [9.17, 15) is 9.59 Å². The summed E-state index contributed by atoms with van der Waals surface area (Å²) in [4.78, 5) is 28.9. The number of carbonyl (C=O) groups excluding carboxylic acids is 2. The number of benzene rings is 2. The lowest BCUT2D eigenvalue weighted by atomic mass is 10.2. The molecule has 0 atom stereocenters. The molecular weight excluding hydrogens is 360 g/mol. The summed E-state index contributed by atoms with van der Waals surface area (Å²) in [6.07, 6.45) is 1.75. The van der Waals surface area contributed by atoms with Crippen LogP contribution in [0.3, 0.4) is 0 Å².